The Labute approximate surface area is 170 Å². The second-order valence-electron chi connectivity index (χ2n) is 7.94. The molecule has 2 rings (SSSR count). The van der Waals surface area contributed by atoms with E-state index in [-0.39, 0.29) is 12.8 Å². The number of alkyl carbamates (subject to hydrolysis) is 1. The number of aliphatic hydroxyl groups is 1. The van der Waals surface area contributed by atoms with Crippen molar-refractivity contribution < 1.29 is 24.5 Å². The fourth-order valence-electron chi connectivity index (χ4n) is 2.99. The van der Waals surface area contributed by atoms with Gasteiger partial charge in [0.1, 0.15) is 5.60 Å². The first-order valence-electron chi connectivity index (χ1n) is 9.49. The Morgan fingerprint density at radius 1 is 1.07 bits per heavy atom. The number of carboxylic acids is 1. The van der Waals surface area contributed by atoms with Gasteiger partial charge in [0.25, 0.3) is 0 Å². The lowest BCUT2D eigenvalue weighted by Crippen LogP contribution is -2.51. The second kappa shape index (κ2) is 10.0. The van der Waals surface area contributed by atoms with Crippen molar-refractivity contribution in [2.45, 2.75) is 51.4 Å². The lowest BCUT2D eigenvalue weighted by atomic mass is 9.87. The van der Waals surface area contributed by atoms with E-state index in [4.69, 9.17) is 4.74 Å². The van der Waals surface area contributed by atoms with Crippen LogP contribution in [0, 0.1) is 5.92 Å². The van der Waals surface area contributed by atoms with Crippen molar-refractivity contribution in [3.8, 4) is 0 Å². The number of carboxylic acid groups (broad SMARTS) is 1. The molecular weight excluding hydrogens is 372 g/mol. The number of nitrogens with one attached hydrogen (secondary N) is 1. The van der Waals surface area contributed by atoms with E-state index in [0.29, 0.717) is 5.56 Å². The van der Waals surface area contributed by atoms with Gasteiger partial charge in [0.2, 0.25) is 0 Å². The number of carbonyl (C=O) groups excluding carboxylic acids is 1. The Kier molecular flexibility index (Phi) is 7.73. The Bertz CT molecular complexity index is 790. The molecular formula is C22H28N2O5. The molecule has 0 saturated carbocycles. The minimum Gasteiger partial charge on any atom is -0.481 e. The van der Waals surface area contributed by atoms with Crippen molar-refractivity contribution in [1.82, 2.24) is 10.3 Å². The number of nitrogens with zero attached hydrogens (tertiary/aromatic N) is 1. The summed E-state index contributed by atoms with van der Waals surface area (Å²) in [5, 5.41) is 23.3. The van der Waals surface area contributed by atoms with E-state index in [2.05, 4.69) is 10.3 Å². The van der Waals surface area contributed by atoms with Crippen LogP contribution >= 0.6 is 0 Å². The number of rotatable bonds is 8. The quantitative estimate of drug-likeness (QED) is 0.629. The van der Waals surface area contributed by atoms with Gasteiger partial charge < -0.3 is 20.3 Å². The molecule has 1 heterocycles. The molecule has 0 unspecified atom stereocenters. The molecule has 1 aromatic carbocycles. The Morgan fingerprint density at radius 2 is 1.72 bits per heavy atom. The highest BCUT2D eigenvalue weighted by Gasteiger charge is 2.35. The van der Waals surface area contributed by atoms with Crippen LogP contribution in [0.4, 0.5) is 4.79 Å². The normalized spacial score (nSPS) is 14.5. The van der Waals surface area contributed by atoms with Gasteiger partial charge in [0.05, 0.1) is 18.1 Å². The number of benzene rings is 1. The van der Waals surface area contributed by atoms with Crippen LogP contribution in [-0.4, -0.2) is 45.0 Å². The molecule has 3 atom stereocenters. The molecule has 29 heavy (non-hydrogen) atoms. The summed E-state index contributed by atoms with van der Waals surface area (Å²) in [4.78, 5) is 28.2. The van der Waals surface area contributed by atoms with Crippen molar-refractivity contribution in [3.63, 3.8) is 0 Å². The van der Waals surface area contributed by atoms with Gasteiger partial charge in [-0.3, -0.25) is 9.78 Å². The van der Waals surface area contributed by atoms with E-state index in [0.717, 1.165) is 5.56 Å². The first-order chi connectivity index (χ1) is 13.7. The first kappa shape index (κ1) is 22.4. The predicted molar refractivity (Wildman–Crippen MR) is 108 cm³/mol. The zero-order valence-corrected chi connectivity index (χ0v) is 16.9. The highest BCUT2D eigenvalue weighted by Crippen LogP contribution is 2.19. The maximum absolute atomic E-state index is 12.3. The molecule has 156 valence electrons. The number of aromatic nitrogens is 1. The van der Waals surface area contributed by atoms with Gasteiger partial charge in [0, 0.05) is 12.4 Å². The highest BCUT2D eigenvalue weighted by molar-refractivity contribution is 5.72. The molecule has 0 saturated heterocycles. The van der Waals surface area contributed by atoms with Crippen molar-refractivity contribution >= 4 is 12.1 Å². The van der Waals surface area contributed by atoms with E-state index in [1.54, 1.807) is 45.3 Å². The molecule has 2 aromatic rings. The number of aliphatic carboxylic acids is 1. The third kappa shape index (κ3) is 7.54. The van der Waals surface area contributed by atoms with Crippen LogP contribution < -0.4 is 5.32 Å². The van der Waals surface area contributed by atoms with E-state index in [9.17, 15) is 19.8 Å². The molecule has 0 bridgehead atoms. The molecule has 0 aliphatic heterocycles. The van der Waals surface area contributed by atoms with E-state index in [1.165, 1.54) is 0 Å². The van der Waals surface area contributed by atoms with Crippen LogP contribution in [0.3, 0.4) is 0 Å². The predicted octanol–water partition coefficient (Wildman–Crippen LogP) is 2.82. The molecule has 7 nitrogen and oxygen atoms in total. The monoisotopic (exact) mass is 400 g/mol. The van der Waals surface area contributed by atoms with Gasteiger partial charge in [-0.25, -0.2) is 4.79 Å². The van der Waals surface area contributed by atoms with Crippen LogP contribution in [0.5, 0.6) is 0 Å². The second-order valence-corrected chi connectivity index (χ2v) is 7.94. The molecule has 3 N–H and O–H groups in total. The Morgan fingerprint density at radius 3 is 2.28 bits per heavy atom. The molecule has 0 radical (unpaired) electrons. The number of hydrogen-bond acceptors (Lipinski definition) is 5. The average Bonchev–Trinajstić information content (AvgIpc) is 2.65. The third-order valence-corrected chi connectivity index (χ3v) is 4.32. The molecule has 0 fully saturated rings. The maximum Gasteiger partial charge on any atom is 0.407 e. The van der Waals surface area contributed by atoms with E-state index in [1.807, 2.05) is 30.3 Å². The van der Waals surface area contributed by atoms with E-state index < -0.39 is 35.7 Å². The molecule has 7 heteroatoms. The number of aliphatic hydroxyl groups excluding tert-OH is 1. The SMILES string of the molecule is CC(C)(C)OC(=O)N[C@@H](Cc1ccccc1)[C@@H](O)[C@H](Cc1cccnc1)C(=O)O. The summed E-state index contributed by atoms with van der Waals surface area (Å²) in [5.41, 5.74) is 0.835. The molecule has 0 aliphatic rings. The largest absolute Gasteiger partial charge is 0.481 e. The molecule has 0 aliphatic carbocycles. The summed E-state index contributed by atoms with van der Waals surface area (Å²) >= 11 is 0. The van der Waals surface area contributed by atoms with Crippen LogP contribution in [-0.2, 0) is 22.4 Å². The van der Waals surface area contributed by atoms with Crippen molar-refractivity contribution in [2.24, 2.45) is 5.92 Å². The van der Waals surface area contributed by atoms with Gasteiger partial charge in [-0.05, 0) is 50.8 Å². The summed E-state index contributed by atoms with van der Waals surface area (Å²) in [7, 11) is 0. The summed E-state index contributed by atoms with van der Waals surface area (Å²) in [6.07, 6.45) is 1.47. The van der Waals surface area contributed by atoms with Crippen molar-refractivity contribution in [3.05, 3.63) is 66.0 Å². The van der Waals surface area contributed by atoms with E-state index >= 15 is 0 Å². The van der Waals surface area contributed by atoms with Crippen LogP contribution in [0.2, 0.25) is 0 Å². The maximum atomic E-state index is 12.3. The highest BCUT2D eigenvalue weighted by atomic mass is 16.6. The van der Waals surface area contributed by atoms with Gasteiger partial charge >= 0.3 is 12.1 Å². The summed E-state index contributed by atoms with van der Waals surface area (Å²) in [5.74, 6) is -2.27. The summed E-state index contributed by atoms with van der Waals surface area (Å²) in [6, 6.07) is 11.9. The van der Waals surface area contributed by atoms with Crippen molar-refractivity contribution in [1.29, 1.82) is 0 Å². The summed E-state index contributed by atoms with van der Waals surface area (Å²) < 4.78 is 5.30. The fraction of sp³-hybridized carbons (Fsp3) is 0.409. The fourth-order valence-corrected chi connectivity index (χ4v) is 2.99. The zero-order chi connectivity index (χ0) is 21.4. The smallest absolute Gasteiger partial charge is 0.407 e. The van der Waals surface area contributed by atoms with Gasteiger partial charge in [0.15, 0.2) is 0 Å². The Balaban J connectivity index is 2.23. The lowest BCUT2D eigenvalue weighted by molar-refractivity contribution is -0.146. The van der Waals surface area contributed by atoms with Crippen LogP contribution in [0.15, 0.2) is 54.9 Å². The molecule has 1 amide bonds. The van der Waals surface area contributed by atoms with Crippen LogP contribution in [0.25, 0.3) is 0 Å². The minimum atomic E-state index is -1.33. The number of hydrogen-bond donors (Lipinski definition) is 3. The van der Waals surface area contributed by atoms with Gasteiger partial charge in [-0.15, -0.1) is 0 Å². The summed E-state index contributed by atoms with van der Waals surface area (Å²) in [6.45, 7) is 5.20. The van der Waals surface area contributed by atoms with Gasteiger partial charge in [-0.2, -0.15) is 0 Å². The number of ether oxygens (including phenoxy) is 1. The van der Waals surface area contributed by atoms with Gasteiger partial charge in [-0.1, -0.05) is 36.4 Å². The third-order valence-electron chi connectivity index (χ3n) is 4.32. The zero-order valence-electron chi connectivity index (χ0n) is 16.9. The van der Waals surface area contributed by atoms with Crippen molar-refractivity contribution in [2.75, 3.05) is 0 Å². The standard InChI is InChI=1S/C22H28N2O5/c1-22(2,3)29-21(28)24-18(13-15-8-5-4-6-9-15)19(25)17(20(26)27)12-16-10-7-11-23-14-16/h4-11,14,17-19,25H,12-13H2,1-3H3,(H,24,28)(H,26,27)/t17-,18-,19-/m0/s1. The Hall–Kier alpha value is -2.93. The van der Waals surface area contributed by atoms with Crippen LogP contribution in [0.1, 0.15) is 31.9 Å². The molecule has 0 spiro atoms. The first-order valence-corrected chi connectivity index (χ1v) is 9.49. The number of amides is 1. The minimum absolute atomic E-state index is 0.0889. The average molecular weight is 400 g/mol. The number of carbonyl (C=O) groups is 2. The topological polar surface area (TPSA) is 109 Å². The lowest BCUT2D eigenvalue weighted by Gasteiger charge is -2.30. The molecule has 1 aromatic heterocycles. The number of pyridine rings is 1.